The van der Waals surface area contributed by atoms with Crippen molar-refractivity contribution in [1.29, 1.82) is 0 Å². The Labute approximate surface area is 119 Å². The van der Waals surface area contributed by atoms with Gasteiger partial charge in [0.2, 0.25) is 0 Å². The van der Waals surface area contributed by atoms with Crippen molar-refractivity contribution < 1.29 is 0 Å². The Kier molecular flexibility index (Phi) is 4.05. The number of rotatable bonds is 3. The zero-order valence-corrected chi connectivity index (χ0v) is 12.6. The molecule has 1 fully saturated rings. The Morgan fingerprint density at radius 3 is 2.89 bits per heavy atom. The van der Waals surface area contributed by atoms with Crippen molar-refractivity contribution in [2.75, 3.05) is 11.9 Å². The topological polar surface area (TPSA) is 3.24 Å². The number of alkyl halides is 1. The lowest BCUT2D eigenvalue weighted by Crippen LogP contribution is -2.39. The van der Waals surface area contributed by atoms with E-state index in [-0.39, 0.29) is 0 Å². The van der Waals surface area contributed by atoms with Crippen LogP contribution in [0.4, 0.5) is 0 Å². The number of hydrogen-bond acceptors (Lipinski definition) is 1. The summed E-state index contributed by atoms with van der Waals surface area (Å²) in [5, 5.41) is 1.12. The molecule has 0 amide bonds. The van der Waals surface area contributed by atoms with Gasteiger partial charge in [0, 0.05) is 17.9 Å². The maximum Gasteiger partial charge on any atom is 0.0237 e. The molecule has 1 unspecified atom stereocenters. The summed E-state index contributed by atoms with van der Waals surface area (Å²) in [5.74, 6) is 0. The zero-order chi connectivity index (χ0) is 12.4. The van der Waals surface area contributed by atoms with E-state index in [0.717, 1.165) is 17.9 Å². The summed E-state index contributed by atoms with van der Waals surface area (Å²) < 4.78 is 0. The highest BCUT2D eigenvalue weighted by Gasteiger charge is 2.21. The van der Waals surface area contributed by atoms with Crippen LogP contribution in [0.15, 0.2) is 18.2 Å². The minimum absolute atomic E-state index is 0.743. The molecule has 2 heteroatoms. The fraction of sp³-hybridized carbons (Fsp3) is 0.625. The second kappa shape index (κ2) is 5.75. The van der Waals surface area contributed by atoms with E-state index in [9.17, 15) is 0 Å². The Morgan fingerprint density at radius 1 is 1.11 bits per heavy atom. The van der Waals surface area contributed by atoms with Crippen LogP contribution in [-0.2, 0) is 19.4 Å². The van der Waals surface area contributed by atoms with Gasteiger partial charge in [0.15, 0.2) is 0 Å². The minimum atomic E-state index is 0.743. The molecule has 1 nitrogen and oxygen atoms in total. The molecule has 0 bridgehead atoms. The summed E-state index contributed by atoms with van der Waals surface area (Å²) in [5.41, 5.74) is 4.72. The van der Waals surface area contributed by atoms with Crippen LogP contribution >= 0.6 is 15.9 Å². The van der Waals surface area contributed by atoms with Crippen LogP contribution in [-0.4, -0.2) is 22.8 Å². The Hall–Kier alpha value is -0.340. The van der Waals surface area contributed by atoms with Crippen LogP contribution in [0.1, 0.15) is 42.4 Å². The van der Waals surface area contributed by atoms with E-state index in [4.69, 9.17) is 0 Å². The van der Waals surface area contributed by atoms with Crippen LogP contribution < -0.4 is 0 Å². The molecule has 0 N–H and O–H groups in total. The molecule has 18 heavy (non-hydrogen) atoms. The van der Waals surface area contributed by atoms with E-state index >= 15 is 0 Å². The smallest absolute Gasteiger partial charge is 0.0237 e. The van der Waals surface area contributed by atoms with E-state index in [2.05, 4.69) is 39.0 Å². The lowest BCUT2D eigenvalue weighted by Gasteiger charge is -2.34. The third-order valence-electron chi connectivity index (χ3n) is 4.48. The SMILES string of the molecule is BrCC1CCCCN1Cc1ccc2c(c1)CCC2. The number of benzene rings is 1. The second-order valence-corrected chi connectivity index (χ2v) is 6.38. The molecule has 3 rings (SSSR count). The van der Waals surface area contributed by atoms with Gasteiger partial charge in [-0.15, -0.1) is 0 Å². The molecule has 98 valence electrons. The number of nitrogens with zero attached hydrogens (tertiary/aromatic N) is 1. The highest BCUT2D eigenvalue weighted by Crippen LogP contribution is 2.25. The first kappa shape index (κ1) is 12.7. The summed E-state index contributed by atoms with van der Waals surface area (Å²) in [4.78, 5) is 2.66. The Balaban J connectivity index is 1.71. The third-order valence-corrected chi connectivity index (χ3v) is 5.22. The molecular weight excluding hydrogens is 286 g/mol. The monoisotopic (exact) mass is 307 g/mol. The van der Waals surface area contributed by atoms with Gasteiger partial charge in [-0.05, 0) is 55.3 Å². The Morgan fingerprint density at radius 2 is 2.00 bits per heavy atom. The number of halogens is 1. The van der Waals surface area contributed by atoms with Gasteiger partial charge in [-0.1, -0.05) is 40.5 Å². The molecule has 0 radical (unpaired) electrons. The van der Waals surface area contributed by atoms with E-state index in [0.29, 0.717) is 0 Å². The summed E-state index contributed by atoms with van der Waals surface area (Å²) in [6.45, 7) is 2.41. The van der Waals surface area contributed by atoms with E-state index < -0.39 is 0 Å². The largest absolute Gasteiger partial charge is 0.295 e. The van der Waals surface area contributed by atoms with Crippen molar-refractivity contribution in [3.8, 4) is 0 Å². The molecule has 2 aliphatic rings. The standard InChI is InChI=1S/C16H22BrN/c17-11-16-6-1-2-9-18(16)12-13-7-8-14-4-3-5-15(14)10-13/h7-8,10,16H,1-6,9,11-12H2. The molecule has 1 heterocycles. The van der Waals surface area contributed by atoms with Crippen molar-refractivity contribution in [1.82, 2.24) is 4.90 Å². The predicted molar refractivity (Wildman–Crippen MR) is 80.3 cm³/mol. The van der Waals surface area contributed by atoms with E-state index in [1.54, 1.807) is 11.1 Å². The van der Waals surface area contributed by atoms with Gasteiger partial charge in [-0.2, -0.15) is 0 Å². The number of piperidine rings is 1. The van der Waals surface area contributed by atoms with Crippen LogP contribution in [0.5, 0.6) is 0 Å². The lowest BCUT2D eigenvalue weighted by atomic mass is 10.0. The van der Waals surface area contributed by atoms with Crippen LogP contribution in [0.2, 0.25) is 0 Å². The number of hydrogen-bond donors (Lipinski definition) is 0. The van der Waals surface area contributed by atoms with Crippen molar-refractivity contribution in [3.05, 3.63) is 34.9 Å². The highest BCUT2D eigenvalue weighted by atomic mass is 79.9. The highest BCUT2D eigenvalue weighted by molar-refractivity contribution is 9.09. The maximum absolute atomic E-state index is 3.67. The van der Waals surface area contributed by atoms with Crippen molar-refractivity contribution >= 4 is 15.9 Å². The van der Waals surface area contributed by atoms with Crippen molar-refractivity contribution in [2.24, 2.45) is 0 Å². The fourth-order valence-corrected chi connectivity index (χ4v) is 4.13. The van der Waals surface area contributed by atoms with E-state index in [1.807, 2.05) is 0 Å². The number of fused-ring (bicyclic) bond motifs is 1. The first-order chi connectivity index (χ1) is 8.86. The summed E-state index contributed by atoms with van der Waals surface area (Å²) in [6, 6.07) is 7.92. The average Bonchev–Trinajstić information content (AvgIpc) is 2.87. The molecule has 1 aliphatic heterocycles. The quantitative estimate of drug-likeness (QED) is 0.765. The van der Waals surface area contributed by atoms with Crippen molar-refractivity contribution in [2.45, 2.75) is 51.1 Å². The molecule has 1 aromatic carbocycles. The maximum atomic E-state index is 3.67. The van der Waals surface area contributed by atoms with Gasteiger partial charge < -0.3 is 0 Å². The van der Waals surface area contributed by atoms with Gasteiger partial charge in [0.05, 0.1) is 0 Å². The molecule has 0 saturated carbocycles. The molecule has 1 aromatic rings. The second-order valence-electron chi connectivity index (χ2n) is 5.73. The minimum Gasteiger partial charge on any atom is -0.295 e. The number of likely N-dealkylation sites (tertiary alicyclic amines) is 1. The summed E-state index contributed by atoms with van der Waals surface area (Å²) in [7, 11) is 0. The first-order valence-electron chi connectivity index (χ1n) is 7.27. The Bertz CT molecular complexity index is 416. The lowest BCUT2D eigenvalue weighted by molar-refractivity contribution is 0.156. The van der Waals surface area contributed by atoms with Gasteiger partial charge in [-0.3, -0.25) is 4.90 Å². The molecule has 0 aromatic heterocycles. The van der Waals surface area contributed by atoms with Gasteiger partial charge in [0.25, 0.3) is 0 Å². The molecule has 1 saturated heterocycles. The molecular formula is C16H22BrN. The van der Waals surface area contributed by atoms with E-state index in [1.165, 1.54) is 50.6 Å². The molecule has 1 aliphatic carbocycles. The van der Waals surface area contributed by atoms with Crippen LogP contribution in [0.25, 0.3) is 0 Å². The molecule has 1 atom stereocenters. The summed E-state index contributed by atoms with van der Waals surface area (Å²) in [6.07, 6.45) is 8.07. The van der Waals surface area contributed by atoms with Crippen LogP contribution in [0, 0.1) is 0 Å². The third kappa shape index (κ3) is 2.65. The van der Waals surface area contributed by atoms with Crippen LogP contribution in [0.3, 0.4) is 0 Å². The van der Waals surface area contributed by atoms with Gasteiger partial charge in [0.1, 0.15) is 0 Å². The van der Waals surface area contributed by atoms with Crippen molar-refractivity contribution in [3.63, 3.8) is 0 Å². The zero-order valence-electron chi connectivity index (χ0n) is 11.0. The normalized spacial score (nSPS) is 24.2. The predicted octanol–water partition coefficient (Wildman–Crippen LogP) is 3.92. The number of aryl methyl sites for hydroxylation is 2. The summed E-state index contributed by atoms with van der Waals surface area (Å²) >= 11 is 3.67. The first-order valence-corrected chi connectivity index (χ1v) is 8.39. The fourth-order valence-electron chi connectivity index (χ4n) is 3.40. The molecule has 0 spiro atoms. The van der Waals surface area contributed by atoms with Gasteiger partial charge in [-0.25, -0.2) is 0 Å². The van der Waals surface area contributed by atoms with Gasteiger partial charge >= 0.3 is 0 Å². The average molecular weight is 308 g/mol.